The molecule has 3 aliphatic rings. The second-order valence-corrected chi connectivity index (χ2v) is 10.1. The Morgan fingerprint density at radius 2 is 1.97 bits per heavy atom. The molecule has 0 radical (unpaired) electrons. The summed E-state index contributed by atoms with van der Waals surface area (Å²) in [6.07, 6.45) is 8.91. The Morgan fingerprint density at radius 1 is 1.15 bits per heavy atom. The largest absolute Gasteiger partial charge is 0.458 e. The average molecular weight is 448 g/mol. The molecule has 2 unspecified atom stereocenters. The van der Waals surface area contributed by atoms with Crippen molar-refractivity contribution in [2.75, 3.05) is 13.1 Å². The van der Waals surface area contributed by atoms with Crippen molar-refractivity contribution < 1.29 is 14.3 Å². The van der Waals surface area contributed by atoms with Crippen molar-refractivity contribution in [3.8, 4) is 11.1 Å². The van der Waals surface area contributed by atoms with Crippen molar-refractivity contribution in [1.29, 1.82) is 0 Å². The molecule has 3 fully saturated rings. The van der Waals surface area contributed by atoms with E-state index >= 15 is 0 Å². The molecule has 2 atom stereocenters. The number of carbonyl (C=O) groups excluding carboxylic acids is 2. The minimum absolute atomic E-state index is 0.0929. The van der Waals surface area contributed by atoms with Crippen LogP contribution in [-0.2, 0) is 14.3 Å². The van der Waals surface area contributed by atoms with Gasteiger partial charge in [-0.15, -0.1) is 0 Å². The van der Waals surface area contributed by atoms with Gasteiger partial charge in [0.2, 0.25) is 5.91 Å². The lowest BCUT2D eigenvalue weighted by atomic mass is 9.75. The monoisotopic (exact) mass is 447 g/mol. The number of benzene rings is 1. The van der Waals surface area contributed by atoms with Gasteiger partial charge >= 0.3 is 5.97 Å². The van der Waals surface area contributed by atoms with Gasteiger partial charge in [-0.3, -0.25) is 9.59 Å². The van der Waals surface area contributed by atoms with Crippen molar-refractivity contribution in [2.24, 2.45) is 5.92 Å². The van der Waals surface area contributed by atoms with E-state index in [0.29, 0.717) is 6.54 Å². The van der Waals surface area contributed by atoms with Gasteiger partial charge in [-0.25, -0.2) is 9.97 Å². The Hall–Kier alpha value is -2.76. The molecule has 0 bridgehead atoms. The summed E-state index contributed by atoms with van der Waals surface area (Å²) in [6, 6.07) is 8.42. The first-order valence-corrected chi connectivity index (χ1v) is 12.4. The zero-order chi connectivity index (χ0) is 23.0. The van der Waals surface area contributed by atoms with E-state index in [-0.39, 0.29) is 30.1 Å². The molecule has 0 N–H and O–H groups in total. The zero-order valence-electron chi connectivity index (χ0n) is 19.7. The highest BCUT2D eigenvalue weighted by molar-refractivity contribution is 5.88. The van der Waals surface area contributed by atoms with Crippen LogP contribution in [-0.4, -0.2) is 45.4 Å². The molecule has 1 spiro atoms. The lowest BCUT2D eigenvalue weighted by Crippen LogP contribution is -2.49. The van der Waals surface area contributed by atoms with E-state index in [1.807, 2.05) is 18.0 Å². The summed E-state index contributed by atoms with van der Waals surface area (Å²) in [5, 5.41) is 0. The maximum absolute atomic E-state index is 13.7. The molecule has 6 nitrogen and oxygen atoms in total. The fraction of sp³-hybridized carbons (Fsp3) is 0.556. The third kappa shape index (κ3) is 4.28. The minimum Gasteiger partial charge on any atom is -0.458 e. The number of likely N-dealkylation sites (tertiary alicyclic amines) is 1. The van der Waals surface area contributed by atoms with Crippen LogP contribution in [0.15, 0.2) is 30.5 Å². The van der Waals surface area contributed by atoms with Crippen LogP contribution in [0, 0.1) is 19.8 Å². The van der Waals surface area contributed by atoms with Gasteiger partial charge in [0.05, 0.1) is 18.0 Å². The van der Waals surface area contributed by atoms with Crippen LogP contribution in [0.2, 0.25) is 0 Å². The molecule has 1 saturated carbocycles. The predicted octanol–water partition coefficient (Wildman–Crippen LogP) is 4.73. The molecule has 1 amide bonds. The second-order valence-electron chi connectivity index (χ2n) is 10.1. The quantitative estimate of drug-likeness (QED) is 0.636. The van der Waals surface area contributed by atoms with Gasteiger partial charge in [-0.05, 0) is 57.9 Å². The van der Waals surface area contributed by atoms with Crippen LogP contribution in [0.1, 0.15) is 74.4 Å². The third-order valence-electron chi connectivity index (χ3n) is 7.71. The number of aromatic nitrogens is 2. The molecule has 3 heterocycles. The van der Waals surface area contributed by atoms with Crippen molar-refractivity contribution in [1.82, 2.24) is 14.9 Å². The molecule has 1 aliphatic carbocycles. The molecule has 1 aromatic heterocycles. The Morgan fingerprint density at radius 3 is 2.76 bits per heavy atom. The van der Waals surface area contributed by atoms with Crippen molar-refractivity contribution in [3.63, 3.8) is 0 Å². The van der Waals surface area contributed by atoms with Crippen LogP contribution in [0.25, 0.3) is 11.1 Å². The summed E-state index contributed by atoms with van der Waals surface area (Å²) in [7, 11) is 0. The molecule has 6 heteroatoms. The smallest absolute Gasteiger partial charge is 0.307 e. The maximum atomic E-state index is 13.7. The van der Waals surface area contributed by atoms with Gasteiger partial charge in [0, 0.05) is 30.8 Å². The predicted molar refractivity (Wildman–Crippen MR) is 126 cm³/mol. The molecule has 2 saturated heterocycles. The second kappa shape index (κ2) is 8.88. The van der Waals surface area contributed by atoms with E-state index in [1.54, 1.807) is 0 Å². The Labute approximate surface area is 195 Å². The zero-order valence-corrected chi connectivity index (χ0v) is 19.7. The number of piperidine rings is 1. The fourth-order valence-electron chi connectivity index (χ4n) is 6.06. The van der Waals surface area contributed by atoms with E-state index in [0.717, 1.165) is 74.1 Å². The van der Waals surface area contributed by atoms with Gasteiger partial charge in [0.25, 0.3) is 0 Å². The maximum Gasteiger partial charge on any atom is 0.307 e. The number of hydrogen-bond donors (Lipinski definition) is 0. The molecule has 2 aromatic rings. The number of amides is 1. The van der Waals surface area contributed by atoms with Crippen LogP contribution in [0.5, 0.6) is 0 Å². The summed E-state index contributed by atoms with van der Waals surface area (Å²) in [5.41, 5.74) is 3.81. The van der Waals surface area contributed by atoms with Crippen molar-refractivity contribution in [2.45, 2.75) is 76.7 Å². The average Bonchev–Trinajstić information content (AvgIpc) is 3.14. The third-order valence-corrected chi connectivity index (χ3v) is 7.71. The molecule has 1 aromatic carbocycles. The van der Waals surface area contributed by atoms with E-state index in [4.69, 9.17) is 9.72 Å². The highest BCUT2D eigenvalue weighted by atomic mass is 16.6. The van der Waals surface area contributed by atoms with Crippen molar-refractivity contribution >= 4 is 11.9 Å². The first-order chi connectivity index (χ1) is 15.9. The number of carbonyl (C=O) groups is 2. The fourth-order valence-corrected chi connectivity index (χ4v) is 6.06. The molecule has 5 rings (SSSR count). The lowest BCUT2D eigenvalue weighted by molar-refractivity contribution is -0.156. The summed E-state index contributed by atoms with van der Waals surface area (Å²) in [5.74, 6) is 0.445. The van der Waals surface area contributed by atoms with E-state index < -0.39 is 5.60 Å². The van der Waals surface area contributed by atoms with Crippen molar-refractivity contribution in [3.05, 3.63) is 47.5 Å². The Kier molecular flexibility index (Phi) is 5.94. The minimum atomic E-state index is -0.572. The number of ether oxygens (including phenoxy) is 1. The SMILES string of the molecule is Cc1cccc(-c2cnc(C)nc2C2CCCN(C(=O)C3CC(=O)OC34CCCCC4)C2)c1. The summed E-state index contributed by atoms with van der Waals surface area (Å²) >= 11 is 0. The number of nitrogens with zero attached hydrogens (tertiary/aromatic N) is 3. The molecule has 2 aliphatic heterocycles. The van der Waals surface area contributed by atoms with Gasteiger partial charge in [-0.1, -0.05) is 36.2 Å². The summed E-state index contributed by atoms with van der Waals surface area (Å²) in [4.78, 5) is 37.3. The highest BCUT2D eigenvalue weighted by Crippen LogP contribution is 2.45. The van der Waals surface area contributed by atoms with E-state index in [9.17, 15) is 9.59 Å². The normalized spacial score (nSPS) is 24.7. The van der Waals surface area contributed by atoms with Crippen LogP contribution < -0.4 is 0 Å². The van der Waals surface area contributed by atoms with Gasteiger partial charge in [0.15, 0.2) is 0 Å². The van der Waals surface area contributed by atoms with Crippen LogP contribution in [0.4, 0.5) is 0 Å². The van der Waals surface area contributed by atoms with Gasteiger partial charge in [0.1, 0.15) is 11.4 Å². The molecular formula is C27H33N3O3. The molecule has 33 heavy (non-hydrogen) atoms. The standard InChI is InChI=1S/C27H33N3O3/c1-18-8-6-9-20(14-18)22-16-28-19(2)29-25(22)21-10-7-13-30(17-21)26(32)23-15-24(31)33-27(23)11-4-3-5-12-27/h6,8-9,14,16,21,23H,3-5,7,10-13,15,17H2,1-2H3. The Bertz CT molecular complexity index is 1060. The number of rotatable bonds is 3. The number of aryl methyl sites for hydroxylation is 2. The Balaban J connectivity index is 1.41. The summed E-state index contributed by atoms with van der Waals surface area (Å²) in [6.45, 7) is 5.38. The molecule has 174 valence electrons. The number of hydrogen-bond acceptors (Lipinski definition) is 5. The van der Waals surface area contributed by atoms with E-state index in [2.05, 4.69) is 36.2 Å². The molecular weight excluding hydrogens is 414 g/mol. The summed E-state index contributed by atoms with van der Waals surface area (Å²) < 4.78 is 5.82. The highest BCUT2D eigenvalue weighted by Gasteiger charge is 2.54. The van der Waals surface area contributed by atoms with Crippen LogP contribution >= 0.6 is 0 Å². The van der Waals surface area contributed by atoms with Crippen LogP contribution in [0.3, 0.4) is 0 Å². The van der Waals surface area contributed by atoms with Gasteiger partial charge in [-0.2, -0.15) is 0 Å². The number of esters is 1. The van der Waals surface area contributed by atoms with E-state index in [1.165, 1.54) is 5.56 Å². The lowest BCUT2D eigenvalue weighted by Gasteiger charge is -2.40. The topological polar surface area (TPSA) is 72.4 Å². The first-order valence-electron chi connectivity index (χ1n) is 12.4. The first kappa shape index (κ1) is 22.1. The van der Waals surface area contributed by atoms with Gasteiger partial charge < -0.3 is 9.64 Å².